The fraction of sp³-hybridized carbons (Fsp3) is 0.286. The van der Waals surface area contributed by atoms with E-state index in [2.05, 4.69) is 15.3 Å². The fourth-order valence-corrected chi connectivity index (χ4v) is 1.87. The molecule has 1 aromatic carbocycles. The summed E-state index contributed by atoms with van der Waals surface area (Å²) in [6, 6.07) is 8.30. The van der Waals surface area contributed by atoms with Crippen LogP contribution in [0.2, 0.25) is 0 Å². The van der Waals surface area contributed by atoms with Gasteiger partial charge in [-0.15, -0.1) is 0 Å². The van der Waals surface area contributed by atoms with Crippen LogP contribution in [0.25, 0.3) is 0 Å². The van der Waals surface area contributed by atoms with Gasteiger partial charge >= 0.3 is 0 Å². The number of methoxy groups -OCH3 is 1. The van der Waals surface area contributed by atoms with Gasteiger partial charge in [-0.05, 0) is 31.2 Å². The number of aromatic nitrogens is 2. The maximum absolute atomic E-state index is 12.9. The van der Waals surface area contributed by atoms with E-state index in [1.165, 1.54) is 18.5 Å². The van der Waals surface area contributed by atoms with Crippen molar-refractivity contribution >= 4 is 0 Å². The summed E-state index contributed by atoms with van der Waals surface area (Å²) in [5.74, 6) is 0.304. The molecule has 0 saturated carbocycles. The molecule has 1 aromatic heterocycles. The first-order chi connectivity index (χ1) is 9.22. The maximum Gasteiger partial charge on any atom is 0.216 e. The number of benzene rings is 1. The second-order valence-corrected chi connectivity index (χ2v) is 4.16. The molecule has 0 aliphatic carbocycles. The molecule has 0 aliphatic heterocycles. The van der Waals surface area contributed by atoms with Crippen LogP contribution < -0.4 is 10.1 Å². The Morgan fingerprint density at radius 1 is 1.26 bits per heavy atom. The predicted molar refractivity (Wildman–Crippen MR) is 70.5 cm³/mol. The summed E-state index contributed by atoms with van der Waals surface area (Å²) in [4.78, 5) is 8.23. The number of nitrogens with zero attached hydrogens (tertiary/aromatic N) is 2. The third kappa shape index (κ3) is 3.48. The number of rotatable bonds is 5. The molecule has 2 rings (SSSR count). The van der Waals surface area contributed by atoms with E-state index in [1.54, 1.807) is 25.3 Å². The molecular weight excluding hydrogens is 245 g/mol. The molecular formula is C14H16FN3O. The van der Waals surface area contributed by atoms with Crippen molar-refractivity contribution in [2.45, 2.75) is 12.5 Å². The predicted octanol–water partition coefficient (Wildman–Crippen LogP) is 2.13. The molecule has 4 nitrogen and oxygen atoms in total. The van der Waals surface area contributed by atoms with Gasteiger partial charge in [-0.3, -0.25) is 0 Å². The third-order valence-electron chi connectivity index (χ3n) is 2.93. The molecule has 19 heavy (non-hydrogen) atoms. The molecule has 100 valence electrons. The van der Waals surface area contributed by atoms with Crippen molar-refractivity contribution in [3.63, 3.8) is 0 Å². The van der Waals surface area contributed by atoms with Gasteiger partial charge in [0.15, 0.2) is 0 Å². The van der Waals surface area contributed by atoms with E-state index in [9.17, 15) is 4.39 Å². The Morgan fingerprint density at radius 2 is 2.00 bits per heavy atom. The van der Waals surface area contributed by atoms with Gasteiger partial charge in [-0.25, -0.2) is 14.4 Å². The standard InChI is InChI=1S/C14H16FN3O/c1-16-12(7-10-3-5-11(15)6-4-10)13-8-14(19-2)18-9-17-13/h3-6,8-9,12,16H,7H2,1-2H3. The summed E-state index contributed by atoms with van der Waals surface area (Å²) >= 11 is 0. The van der Waals surface area contributed by atoms with Crippen LogP contribution in [0.1, 0.15) is 17.3 Å². The lowest BCUT2D eigenvalue weighted by Gasteiger charge is -2.16. The quantitative estimate of drug-likeness (QED) is 0.895. The highest BCUT2D eigenvalue weighted by Gasteiger charge is 2.13. The largest absolute Gasteiger partial charge is 0.481 e. The number of ether oxygens (including phenoxy) is 1. The summed E-state index contributed by atoms with van der Waals surface area (Å²) in [6.07, 6.45) is 2.19. The van der Waals surface area contributed by atoms with E-state index in [0.717, 1.165) is 17.7 Å². The molecule has 0 radical (unpaired) electrons. The van der Waals surface area contributed by atoms with Crippen LogP contribution in [-0.2, 0) is 6.42 Å². The molecule has 2 aromatic rings. The number of hydrogen-bond acceptors (Lipinski definition) is 4. The smallest absolute Gasteiger partial charge is 0.216 e. The average molecular weight is 261 g/mol. The van der Waals surface area contributed by atoms with Crippen molar-refractivity contribution in [3.8, 4) is 5.88 Å². The summed E-state index contributed by atoms with van der Waals surface area (Å²) < 4.78 is 18.0. The number of nitrogens with one attached hydrogen (secondary N) is 1. The Hall–Kier alpha value is -2.01. The van der Waals surface area contributed by atoms with E-state index in [0.29, 0.717) is 5.88 Å². The molecule has 0 fully saturated rings. The van der Waals surface area contributed by atoms with E-state index in [1.807, 2.05) is 7.05 Å². The van der Waals surface area contributed by atoms with Crippen molar-refractivity contribution in [1.29, 1.82) is 0 Å². The summed E-state index contributed by atoms with van der Waals surface area (Å²) in [5, 5.41) is 3.19. The third-order valence-corrected chi connectivity index (χ3v) is 2.93. The van der Waals surface area contributed by atoms with Crippen LogP contribution >= 0.6 is 0 Å². The molecule has 1 heterocycles. The van der Waals surface area contributed by atoms with Crippen molar-refractivity contribution in [2.24, 2.45) is 0 Å². The zero-order chi connectivity index (χ0) is 13.7. The first-order valence-electron chi connectivity index (χ1n) is 6.00. The van der Waals surface area contributed by atoms with Crippen LogP contribution in [0, 0.1) is 5.82 Å². The summed E-state index contributed by atoms with van der Waals surface area (Å²) in [6.45, 7) is 0. The molecule has 1 N–H and O–H groups in total. The van der Waals surface area contributed by atoms with E-state index >= 15 is 0 Å². The SMILES string of the molecule is CNC(Cc1ccc(F)cc1)c1cc(OC)ncn1. The number of likely N-dealkylation sites (N-methyl/N-ethyl adjacent to an activating group) is 1. The second-order valence-electron chi connectivity index (χ2n) is 4.16. The zero-order valence-electron chi connectivity index (χ0n) is 10.9. The van der Waals surface area contributed by atoms with E-state index in [-0.39, 0.29) is 11.9 Å². The van der Waals surface area contributed by atoms with Crippen LogP contribution in [-0.4, -0.2) is 24.1 Å². The summed E-state index contributed by atoms with van der Waals surface area (Å²) in [7, 11) is 3.43. The highest BCUT2D eigenvalue weighted by molar-refractivity contribution is 5.22. The topological polar surface area (TPSA) is 47.0 Å². The van der Waals surface area contributed by atoms with Gasteiger partial charge in [-0.2, -0.15) is 0 Å². The lowest BCUT2D eigenvalue weighted by Crippen LogP contribution is -2.20. The van der Waals surface area contributed by atoms with Crippen LogP contribution in [0.15, 0.2) is 36.7 Å². The molecule has 5 heteroatoms. The minimum absolute atomic E-state index is 0.0300. The Bertz CT molecular complexity index is 530. The van der Waals surface area contributed by atoms with Crippen LogP contribution in [0.5, 0.6) is 5.88 Å². The highest BCUT2D eigenvalue weighted by atomic mass is 19.1. The van der Waals surface area contributed by atoms with Gasteiger partial charge in [0.2, 0.25) is 5.88 Å². The average Bonchev–Trinajstić information content (AvgIpc) is 2.46. The molecule has 1 atom stereocenters. The zero-order valence-corrected chi connectivity index (χ0v) is 10.9. The van der Waals surface area contributed by atoms with Crippen LogP contribution in [0.4, 0.5) is 4.39 Å². The molecule has 1 unspecified atom stereocenters. The molecule has 0 amide bonds. The minimum Gasteiger partial charge on any atom is -0.481 e. The normalized spacial score (nSPS) is 12.2. The van der Waals surface area contributed by atoms with Crippen molar-refractivity contribution < 1.29 is 9.13 Å². The Kier molecular flexibility index (Phi) is 4.41. The molecule has 0 spiro atoms. The Labute approximate surface area is 111 Å². The Balaban J connectivity index is 2.17. The first-order valence-corrected chi connectivity index (χ1v) is 6.00. The van der Waals surface area contributed by atoms with Crippen molar-refractivity contribution in [2.75, 3.05) is 14.2 Å². The fourth-order valence-electron chi connectivity index (χ4n) is 1.87. The molecule has 0 bridgehead atoms. The second kappa shape index (κ2) is 6.24. The molecule has 0 saturated heterocycles. The lowest BCUT2D eigenvalue weighted by atomic mass is 10.0. The van der Waals surface area contributed by atoms with Gasteiger partial charge < -0.3 is 10.1 Å². The monoisotopic (exact) mass is 261 g/mol. The van der Waals surface area contributed by atoms with Crippen LogP contribution in [0.3, 0.4) is 0 Å². The Morgan fingerprint density at radius 3 is 2.63 bits per heavy atom. The number of hydrogen-bond donors (Lipinski definition) is 1. The van der Waals surface area contributed by atoms with E-state index in [4.69, 9.17) is 4.74 Å². The number of halogens is 1. The van der Waals surface area contributed by atoms with Gasteiger partial charge in [-0.1, -0.05) is 12.1 Å². The van der Waals surface area contributed by atoms with Crippen molar-refractivity contribution in [1.82, 2.24) is 15.3 Å². The van der Waals surface area contributed by atoms with Gasteiger partial charge in [0.25, 0.3) is 0 Å². The lowest BCUT2D eigenvalue weighted by molar-refractivity contribution is 0.394. The maximum atomic E-state index is 12.9. The first kappa shape index (κ1) is 13.4. The highest BCUT2D eigenvalue weighted by Crippen LogP contribution is 2.18. The van der Waals surface area contributed by atoms with Gasteiger partial charge in [0.1, 0.15) is 12.1 Å². The minimum atomic E-state index is -0.228. The van der Waals surface area contributed by atoms with Crippen molar-refractivity contribution in [3.05, 3.63) is 53.7 Å². The summed E-state index contributed by atoms with van der Waals surface area (Å²) in [5.41, 5.74) is 1.89. The van der Waals surface area contributed by atoms with Gasteiger partial charge in [0.05, 0.1) is 18.8 Å². The van der Waals surface area contributed by atoms with Gasteiger partial charge in [0, 0.05) is 6.07 Å². The molecule has 0 aliphatic rings. The van der Waals surface area contributed by atoms with E-state index < -0.39 is 0 Å².